The van der Waals surface area contributed by atoms with Gasteiger partial charge in [0, 0.05) is 0 Å². The molecule has 3 aromatic carbocycles. The molecule has 35 heavy (non-hydrogen) atoms. The highest BCUT2D eigenvalue weighted by molar-refractivity contribution is 6.18. The summed E-state index contributed by atoms with van der Waals surface area (Å²) >= 11 is 0. The first-order valence-corrected chi connectivity index (χ1v) is 12.1. The highest BCUT2D eigenvalue weighted by Crippen LogP contribution is 2.31. The first kappa shape index (κ1) is 26.0. The van der Waals surface area contributed by atoms with Crippen molar-refractivity contribution in [2.45, 2.75) is 47.0 Å². The van der Waals surface area contributed by atoms with Gasteiger partial charge in [-0.15, -0.1) is 0 Å². The molecule has 0 saturated carbocycles. The summed E-state index contributed by atoms with van der Waals surface area (Å²) in [5.41, 5.74) is 6.06. The molecule has 3 nitrogen and oxygen atoms in total. The molecule has 0 aliphatic carbocycles. The van der Waals surface area contributed by atoms with Crippen LogP contribution in [0.25, 0.3) is 22.3 Å². The predicted octanol–water partition coefficient (Wildman–Crippen LogP) is 8.25. The molecule has 0 aliphatic heterocycles. The summed E-state index contributed by atoms with van der Waals surface area (Å²) in [5, 5.41) is 9.94. The summed E-state index contributed by atoms with van der Waals surface area (Å²) in [4.78, 5) is 12.2. The second-order valence-corrected chi connectivity index (χ2v) is 8.65. The number of hydrogen-bond acceptors (Lipinski definition) is 2. The summed E-state index contributed by atoms with van der Waals surface area (Å²) in [6.07, 6.45) is 6.50. The number of rotatable bonds is 10. The van der Waals surface area contributed by atoms with E-state index in [-0.39, 0.29) is 5.57 Å². The number of hydrogen-bond donors (Lipinski definition) is 1. The molecule has 0 aliphatic rings. The van der Waals surface area contributed by atoms with Gasteiger partial charge < -0.3 is 9.84 Å². The first-order valence-electron chi connectivity index (χ1n) is 12.1. The highest BCUT2D eigenvalue weighted by Gasteiger charge is 2.16. The van der Waals surface area contributed by atoms with Crippen molar-refractivity contribution in [1.82, 2.24) is 0 Å². The number of benzene rings is 3. The van der Waals surface area contributed by atoms with Gasteiger partial charge in [-0.25, -0.2) is 9.18 Å². The molecular weight excluding hydrogens is 439 g/mol. The monoisotopic (exact) mass is 472 g/mol. The average molecular weight is 473 g/mol. The standard InChI is InChI=1S/C31H33FO3/c1-5-7-16-35-27-11-8-10-23(18-27)24-13-15-28(22(4)17-24)25(9-6-2)19-30(31(33)34)29-20-26(32)14-12-21(29)3/h8-15,17-20H,5-7,16H2,1-4H3,(H,33,34)/b25-9-,30-19+. The normalized spacial score (nSPS) is 12.0. The summed E-state index contributed by atoms with van der Waals surface area (Å²) in [5.74, 6) is -0.696. The van der Waals surface area contributed by atoms with Gasteiger partial charge in [0.05, 0.1) is 12.2 Å². The van der Waals surface area contributed by atoms with Gasteiger partial charge in [0.2, 0.25) is 0 Å². The van der Waals surface area contributed by atoms with Crippen LogP contribution < -0.4 is 4.74 Å². The Bertz CT molecular complexity index is 1250. The summed E-state index contributed by atoms with van der Waals surface area (Å²) < 4.78 is 19.8. The van der Waals surface area contributed by atoms with Crippen molar-refractivity contribution in [1.29, 1.82) is 0 Å². The van der Waals surface area contributed by atoms with Crippen LogP contribution in [0.15, 0.2) is 72.8 Å². The van der Waals surface area contributed by atoms with E-state index >= 15 is 0 Å². The summed E-state index contributed by atoms with van der Waals surface area (Å²) in [6, 6.07) is 18.4. The molecule has 0 radical (unpaired) electrons. The molecule has 0 aromatic heterocycles. The molecule has 0 saturated heterocycles. The first-order chi connectivity index (χ1) is 16.8. The van der Waals surface area contributed by atoms with Crippen LogP contribution in [0.5, 0.6) is 5.75 Å². The van der Waals surface area contributed by atoms with Crippen molar-refractivity contribution >= 4 is 17.1 Å². The van der Waals surface area contributed by atoms with Crippen molar-refractivity contribution in [3.05, 3.63) is 101 Å². The van der Waals surface area contributed by atoms with Gasteiger partial charge in [-0.2, -0.15) is 0 Å². The van der Waals surface area contributed by atoms with E-state index < -0.39 is 11.8 Å². The number of ether oxygens (including phenoxy) is 1. The number of aliphatic carboxylic acids is 1. The third-order valence-electron chi connectivity index (χ3n) is 5.92. The quantitative estimate of drug-likeness (QED) is 0.184. The van der Waals surface area contributed by atoms with E-state index in [1.165, 1.54) is 12.1 Å². The fraction of sp³-hybridized carbons (Fsp3) is 0.258. The van der Waals surface area contributed by atoms with Gasteiger partial charge in [-0.1, -0.05) is 62.7 Å². The fourth-order valence-corrected chi connectivity index (χ4v) is 4.03. The largest absolute Gasteiger partial charge is 0.494 e. The zero-order chi connectivity index (χ0) is 25.4. The molecular formula is C31H33FO3. The SMILES string of the molecule is CC/C=C(/C=C(/C(=O)O)c1cc(F)ccc1C)c1ccc(-c2cccc(OCCCC)c2)cc1C. The van der Waals surface area contributed by atoms with Crippen molar-refractivity contribution in [3.8, 4) is 16.9 Å². The van der Waals surface area contributed by atoms with Crippen LogP contribution in [0.4, 0.5) is 4.39 Å². The molecule has 0 amide bonds. The Morgan fingerprint density at radius 3 is 2.40 bits per heavy atom. The lowest BCUT2D eigenvalue weighted by atomic mass is 9.92. The molecule has 0 spiro atoms. The van der Waals surface area contributed by atoms with E-state index in [0.717, 1.165) is 52.8 Å². The van der Waals surface area contributed by atoms with Crippen LogP contribution in [-0.2, 0) is 4.79 Å². The van der Waals surface area contributed by atoms with Crippen LogP contribution in [0, 0.1) is 19.7 Å². The lowest BCUT2D eigenvalue weighted by molar-refractivity contribution is -0.130. The molecule has 182 valence electrons. The van der Waals surface area contributed by atoms with E-state index in [4.69, 9.17) is 4.74 Å². The number of carboxylic acid groups (broad SMARTS) is 1. The number of halogens is 1. The van der Waals surface area contributed by atoms with E-state index in [2.05, 4.69) is 19.1 Å². The summed E-state index contributed by atoms with van der Waals surface area (Å²) in [7, 11) is 0. The molecule has 0 heterocycles. The number of carboxylic acids is 1. The molecule has 1 N–H and O–H groups in total. The second kappa shape index (κ2) is 12.2. The zero-order valence-electron chi connectivity index (χ0n) is 20.9. The van der Waals surface area contributed by atoms with Gasteiger partial charge in [0.15, 0.2) is 0 Å². The minimum Gasteiger partial charge on any atom is -0.494 e. The van der Waals surface area contributed by atoms with Crippen molar-refractivity contribution in [2.75, 3.05) is 6.61 Å². The lowest BCUT2D eigenvalue weighted by Gasteiger charge is -2.13. The van der Waals surface area contributed by atoms with Crippen LogP contribution >= 0.6 is 0 Å². The number of allylic oxidation sites excluding steroid dienone is 3. The van der Waals surface area contributed by atoms with Gasteiger partial charge in [0.25, 0.3) is 0 Å². The Balaban J connectivity index is 1.99. The maximum absolute atomic E-state index is 13.9. The molecule has 0 atom stereocenters. The van der Waals surface area contributed by atoms with Crippen molar-refractivity contribution < 1.29 is 19.0 Å². The molecule has 4 heteroatoms. The summed E-state index contributed by atoms with van der Waals surface area (Å²) in [6.45, 7) is 8.65. The molecule has 3 rings (SSSR count). The van der Waals surface area contributed by atoms with E-state index in [1.54, 1.807) is 19.1 Å². The Hall–Kier alpha value is -3.66. The number of unbranched alkanes of at least 4 members (excludes halogenated alkanes) is 1. The van der Waals surface area contributed by atoms with Crippen molar-refractivity contribution in [2.24, 2.45) is 0 Å². The van der Waals surface area contributed by atoms with Gasteiger partial charge in [-0.05, 0) is 96.0 Å². The second-order valence-electron chi connectivity index (χ2n) is 8.65. The van der Waals surface area contributed by atoms with E-state index in [1.807, 2.05) is 50.3 Å². The number of aryl methyl sites for hydroxylation is 2. The van der Waals surface area contributed by atoms with E-state index in [0.29, 0.717) is 17.7 Å². The van der Waals surface area contributed by atoms with Crippen LogP contribution in [0.3, 0.4) is 0 Å². The maximum atomic E-state index is 13.9. The third kappa shape index (κ3) is 6.69. The van der Waals surface area contributed by atoms with Gasteiger partial charge >= 0.3 is 5.97 Å². The van der Waals surface area contributed by atoms with Crippen LogP contribution in [-0.4, -0.2) is 17.7 Å². The third-order valence-corrected chi connectivity index (χ3v) is 5.92. The molecule has 0 fully saturated rings. The van der Waals surface area contributed by atoms with E-state index in [9.17, 15) is 14.3 Å². The minimum atomic E-state index is -1.09. The van der Waals surface area contributed by atoms with Crippen molar-refractivity contribution in [3.63, 3.8) is 0 Å². The lowest BCUT2D eigenvalue weighted by Crippen LogP contribution is -2.03. The average Bonchev–Trinajstić information content (AvgIpc) is 2.84. The Morgan fingerprint density at radius 1 is 0.943 bits per heavy atom. The predicted molar refractivity (Wildman–Crippen MR) is 142 cm³/mol. The molecule has 0 unspecified atom stereocenters. The van der Waals surface area contributed by atoms with Crippen LogP contribution in [0.2, 0.25) is 0 Å². The van der Waals surface area contributed by atoms with Crippen LogP contribution in [0.1, 0.15) is 55.4 Å². The Morgan fingerprint density at radius 2 is 1.71 bits per heavy atom. The number of carbonyl (C=O) groups is 1. The fourth-order valence-electron chi connectivity index (χ4n) is 4.03. The highest BCUT2D eigenvalue weighted by atomic mass is 19.1. The maximum Gasteiger partial charge on any atom is 0.336 e. The minimum absolute atomic E-state index is 0.0714. The smallest absolute Gasteiger partial charge is 0.336 e. The Kier molecular flexibility index (Phi) is 9.02. The van der Waals surface area contributed by atoms with Gasteiger partial charge in [0.1, 0.15) is 11.6 Å². The topological polar surface area (TPSA) is 46.5 Å². The molecule has 3 aromatic rings. The Labute approximate surface area is 207 Å². The van der Waals surface area contributed by atoms with Gasteiger partial charge in [-0.3, -0.25) is 0 Å². The zero-order valence-corrected chi connectivity index (χ0v) is 20.9. The molecule has 0 bridgehead atoms.